The Labute approximate surface area is 95.5 Å². The molecular formula is C10H10FN3OS. The number of thiophene rings is 1. The number of fused-ring (bicyclic) bond motifs is 1. The number of anilines is 1. The minimum absolute atomic E-state index is 0.163. The highest BCUT2D eigenvalue weighted by Gasteiger charge is 2.28. The number of ether oxygens (including phenoxy) is 1. The molecule has 2 aromatic heterocycles. The van der Waals surface area contributed by atoms with Crippen LogP contribution in [0.1, 0.15) is 0 Å². The second kappa shape index (κ2) is 3.95. The number of nitrogens with one attached hydrogen (secondary N) is 1. The maximum atomic E-state index is 13.4. The molecule has 2 atom stereocenters. The van der Waals surface area contributed by atoms with Gasteiger partial charge in [-0.05, 0) is 11.4 Å². The van der Waals surface area contributed by atoms with E-state index >= 15 is 0 Å². The van der Waals surface area contributed by atoms with E-state index in [1.54, 1.807) is 11.3 Å². The molecule has 0 aliphatic carbocycles. The molecule has 84 valence electrons. The van der Waals surface area contributed by atoms with Crippen molar-refractivity contribution in [3.8, 4) is 0 Å². The highest BCUT2D eigenvalue weighted by molar-refractivity contribution is 7.17. The van der Waals surface area contributed by atoms with Gasteiger partial charge in [-0.1, -0.05) is 0 Å². The summed E-state index contributed by atoms with van der Waals surface area (Å²) in [6, 6.07) is 1.62. The largest absolute Gasteiger partial charge is 0.376 e. The van der Waals surface area contributed by atoms with Crippen LogP contribution in [0.3, 0.4) is 0 Å². The number of hydrogen-bond donors (Lipinski definition) is 1. The van der Waals surface area contributed by atoms with Crippen molar-refractivity contribution in [1.29, 1.82) is 0 Å². The van der Waals surface area contributed by atoms with Crippen LogP contribution in [0.4, 0.5) is 10.2 Å². The molecule has 6 heteroatoms. The van der Waals surface area contributed by atoms with Gasteiger partial charge in [0.25, 0.3) is 0 Å². The van der Waals surface area contributed by atoms with E-state index < -0.39 is 6.17 Å². The Hall–Kier alpha value is -1.27. The maximum absolute atomic E-state index is 13.4. The van der Waals surface area contributed by atoms with E-state index in [9.17, 15) is 4.39 Å². The number of halogens is 1. The van der Waals surface area contributed by atoms with Crippen molar-refractivity contribution in [1.82, 2.24) is 9.97 Å². The lowest BCUT2D eigenvalue weighted by Crippen LogP contribution is -2.29. The van der Waals surface area contributed by atoms with Crippen LogP contribution in [0.25, 0.3) is 10.2 Å². The fourth-order valence-electron chi connectivity index (χ4n) is 1.73. The number of rotatable bonds is 2. The van der Waals surface area contributed by atoms with Crippen molar-refractivity contribution >= 4 is 27.4 Å². The van der Waals surface area contributed by atoms with Crippen LogP contribution >= 0.6 is 11.3 Å². The topological polar surface area (TPSA) is 47.0 Å². The van der Waals surface area contributed by atoms with E-state index in [0.717, 1.165) is 10.2 Å². The Kier molecular flexibility index (Phi) is 2.45. The number of aromatic nitrogens is 2. The van der Waals surface area contributed by atoms with Crippen LogP contribution in [0.15, 0.2) is 17.8 Å². The van der Waals surface area contributed by atoms with E-state index in [0.29, 0.717) is 12.4 Å². The predicted molar refractivity (Wildman–Crippen MR) is 60.5 cm³/mol. The maximum Gasteiger partial charge on any atom is 0.147 e. The van der Waals surface area contributed by atoms with Crippen molar-refractivity contribution in [2.45, 2.75) is 12.2 Å². The Bertz CT molecular complexity index is 504. The summed E-state index contributed by atoms with van der Waals surface area (Å²) >= 11 is 1.55. The van der Waals surface area contributed by atoms with Gasteiger partial charge in [-0.25, -0.2) is 14.4 Å². The summed E-state index contributed by atoms with van der Waals surface area (Å²) in [6.45, 7) is 0.550. The van der Waals surface area contributed by atoms with Crippen molar-refractivity contribution in [2.24, 2.45) is 0 Å². The molecule has 0 amide bonds. The Morgan fingerprint density at radius 3 is 3.19 bits per heavy atom. The summed E-state index contributed by atoms with van der Waals surface area (Å²) in [6.07, 6.45) is 0.519. The summed E-state index contributed by atoms with van der Waals surface area (Å²) in [5.74, 6) is 0.693. The third-order valence-corrected chi connectivity index (χ3v) is 3.49. The van der Waals surface area contributed by atoms with Crippen molar-refractivity contribution in [2.75, 3.05) is 18.5 Å². The molecule has 3 rings (SSSR count). The average Bonchev–Trinajstić information content (AvgIpc) is 2.89. The third-order valence-electron chi connectivity index (χ3n) is 2.58. The lowest BCUT2D eigenvalue weighted by Gasteiger charge is -2.13. The molecule has 1 fully saturated rings. The van der Waals surface area contributed by atoms with E-state index in [1.807, 2.05) is 11.4 Å². The van der Waals surface area contributed by atoms with Gasteiger partial charge in [-0.15, -0.1) is 11.3 Å². The molecule has 0 unspecified atom stereocenters. The molecular weight excluding hydrogens is 229 g/mol. The van der Waals surface area contributed by atoms with Crippen molar-refractivity contribution in [3.63, 3.8) is 0 Å². The Balaban J connectivity index is 1.91. The van der Waals surface area contributed by atoms with Gasteiger partial charge in [0.1, 0.15) is 18.3 Å². The van der Waals surface area contributed by atoms with Crippen molar-refractivity contribution < 1.29 is 9.13 Å². The van der Waals surface area contributed by atoms with Gasteiger partial charge in [0, 0.05) is 0 Å². The predicted octanol–water partition coefficient (Wildman–Crippen LogP) is 1.84. The van der Waals surface area contributed by atoms with E-state index in [4.69, 9.17) is 4.74 Å². The summed E-state index contributed by atoms with van der Waals surface area (Å²) < 4.78 is 19.4. The van der Waals surface area contributed by atoms with Crippen LogP contribution in [0.5, 0.6) is 0 Å². The smallest absolute Gasteiger partial charge is 0.147 e. The van der Waals surface area contributed by atoms with Gasteiger partial charge in [-0.2, -0.15) is 0 Å². The zero-order chi connectivity index (χ0) is 11.0. The first kappa shape index (κ1) is 9.92. The summed E-state index contributed by atoms with van der Waals surface area (Å²) in [5, 5.41) is 5.03. The second-order valence-corrected chi connectivity index (χ2v) is 4.58. The highest BCUT2D eigenvalue weighted by atomic mass is 32.1. The quantitative estimate of drug-likeness (QED) is 0.868. The number of hydrogen-bond acceptors (Lipinski definition) is 5. The zero-order valence-corrected chi connectivity index (χ0v) is 9.21. The fraction of sp³-hybridized carbons (Fsp3) is 0.400. The normalized spacial score (nSPS) is 25.1. The second-order valence-electron chi connectivity index (χ2n) is 3.66. The summed E-state index contributed by atoms with van der Waals surface area (Å²) in [5.41, 5.74) is 0.886. The van der Waals surface area contributed by atoms with Crippen LogP contribution in [-0.4, -0.2) is 35.4 Å². The third kappa shape index (κ3) is 1.64. The standard InChI is InChI=1S/C10H10FN3OS/c11-6-3-15-4-8(6)14-10-9-7(1-2-16-9)12-5-13-10/h1-2,5-6,8H,3-4H2,(H,12,13,14)/t6-,8-/m1/s1. The minimum Gasteiger partial charge on any atom is -0.376 e. The monoisotopic (exact) mass is 239 g/mol. The summed E-state index contributed by atoms with van der Waals surface area (Å²) in [4.78, 5) is 8.27. The van der Waals surface area contributed by atoms with Gasteiger partial charge in [0.2, 0.25) is 0 Å². The van der Waals surface area contributed by atoms with Gasteiger partial charge in [0.15, 0.2) is 0 Å². The zero-order valence-electron chi connectivity index (χ0n) is 8.39. The Morgan fingerprint density at radius 1 is 1.44 bits per heavy atom. The molecule has 0 saturated carbocycles. The van der Waals surface area contributed by atoms with Gasteiger partial charge in [-0.3, -0.25) is 0 Å². The van der Waals surface area contributed by atoms with E-state index in [2.05, 4.69) is 15.3 Å². The molecule has 16 heavy (non-hydrogen) atoms. The minimum atomic E-state index is -0.968. The fourth-order valence-corrected chi connectivity index (χ4v) is 2.53. The first-order valence-corrected chi connectivity index (χ1v) is 5.89. The van der Waals surface area contributed by atoms with Crippen LogP contribution in [0.2, 0.25) is 0 Å². The molecule has 4 nitrogen and oxygen atoms in total. The number of nitrogens with zero attached hydrogens (tertiary/aromatic N) is 2. The first-order chi connectivity index (χ1) is 7.84. The SMILES string of the molecule is F[C@@H]1COC[C@H]1Nc1ncnc2ccsc12. The van der Waals surface area contributed by atoms with Crippen LogP contribution in [-0.2, 0) is 4.74 Å². The molecule has 3 heterocycles. The molecule has 0 aromatic carbocycles. The van der Waals surface area contributed by atoms with Crippen LogP contribution < -0.4 is 5.32 Å². The van der Waals surface area contributed by atoms with E-state index in [-0.39, 0.29) is 12.6 Å². The van der Waals surface area contributed by atoms with E-state index in [1.165, 1.54) is 6.33 Å². The molecule has 1 aliphatic heterocycles. The highest BCUT2D eigenvalue weighted by Crippen LogP contribution is 2.26. The lowest BCUT2D eigenvalue weighted by molar-refractivity contribution is 0.173. The van der Waals surface area contributed by atoms with Gasteiger partial charge in [0.05, 0.1) is 29.5 Å². The van der Waals surface area contributed by atoms with Crippen molar-refractivity contribution in [3.05, 3.63) is 17.8 Å². The molecule has 1 aliphatic rings. The Morgan fingerprint density at radius 2 is 2.38 bits per heavy atom. The molecule has 1 saturated heterocycles. The summed E-state index contributed by atoms with van der Waals surface area (Å²) in [7, 11) is 0. The molecule has 0 bridgehead atoms. The molecule has 1 N–H and O–H groups in total. The van der Waals surface area contributed by atoms with Gasteiger partial charge >= 0.3 is 0 Å². The molecule has 2 aromatic rings. The number of alkyl halides is 1. The lowest BCUT2D eigenvalue weighted by atomic mass is 10.2. The van der Waals surface area contributed by atoms with Crippen LogP contribution in [0, 0.1) is 0 Å². The molecule has 0 spiro atoms. The molecule has 0 radical (unpaired) electrons. The average molecular weight is 239 g/mol. The van der Waals surface area contributed by atoms with Gasteiger partial charge < -0.3 is 10.1 Å². The first-order valence-electron chi connectivity index (χ1n) is 5.01.